The Balaban J connectivity index is 1.93. The molecule has 5 heteroatoms. The van der Waals surface area contributed by atoms with E-state index in [4.69, 9.17) is 4.42 Å². The summed E-state index contributed by atoms with van der Waals surface area (Å²) in [4.78, 5) is 18.0. The van der Waals surface area contributed by atoms with Crippen LogP contribution in [0.15, 0.2) is 10.8 Å². The standard InChI is InChI=1S/C12H18N2O2S/c1-9-11(13-8-16-9)12(15)14-5-3-10(4-6-14)7-17-2/h8,10H,3-7H2,1-2H3. The maximum Gasteiger partial charge on any atom is 0.276 e. The number of likely N-dealkylation sites (tertiary alicyclic amines) is 1. The second kappa shape index (κ2) is 5.58. The summed E-state index contributed by atoms with van der Waals surface area (Å²) in [5, 5.41) is 0. The Morgan fingerprint density at radius 2 is 2.29 bits per heavy atom. The van der Waals surface area contributed by atoms with Crippen molar-refractivity contribution in [2.75, 3.05) is 25.1 Å². The lowest BCUT2D eigenvalue weighted by atomic mass is 9.99. The van der Waals surface area contributed by atoms with Crippen molar-refractivity contribution in [3.05, 3.63) is 17.8 Å². The van der Waals surface area contributed by atoms with Gasteiger partial charge >= 0.3 is 0 Å². The second-order valence-electron chi connectivity index (χ2n) is 4.45. The first-order valence-corrected chi connectivity index (χ1v) is 7.30. The molecule has 1 aliphatic rings. The minimum absolute atomic E-state index is 0.0128. The van der Waals surface area contributed by atoms with Gasteiger partial charge in [-0.25, -0.2) is 4.98 Å². The number of thioether (sulfide) groups is 1. The Labute approximate surface area is 106 Å². The third-order valence-electron chi connectivity index (χ3n) is 3.25. The molecule has 4 nitrogen and oxygen atoms in total. The van der Waals surface area contributed by atoms with Crippen LogP contribution in [0.25, 0.3) is 0 Å². The zero-order valence-electron chi connectivity index (χ0n) is 10.3. The topological polar surface area (TPSA) is 46.3 Å². The zero-order valence-corrected chi connectivity index (χ0v) is 11.1. The highest BCUT2D eigenvalue weighted by atomic mass is 32.2. The average molecular weight is 254 g/mol. The number of aryl methyl sites for hydroxylation is 1. The predicted molar refractivity (Wildman–Crippen MR) is 68.2 cm³/mol. The Morgan fingerprint density at radius 1 is 1.59 bits per heavy atom. The van der Waals surface area contributed by atoms with Crippen molar-refractivity contribution in [2.45, 2.75) is 19.8 Å². The number of hydrogen-bond acceptors (Lipinski definition) is 4. The van der Waals surface area contributed by atoms with Gasteiger partial charge in [-0.05, 0) is 37.7 Å². The van der Waals surface area contributed by atoms with Crippen molar-refractivity contribution in [2.24, 2.45) is 5.92 Å². The molecule has 1 fully saturated rings. The number of carbonyl (C=O) groups is 1. The Hall–Kier alpha value is -0.970. The number of hydrogen-bond donors (Lipinski definition) is 0. The van der Waals surface area contributed by atoms with Crippen LogP contribution in [0.1, 0.15) is 29.1 Å². The van der Waals surface area contributed by atoms with Gasteiger partial charge in [-0.15, -0.1) is 0 Å². The Morgan fingerprint density at radius 3 is 2.82 bits per heavy atom. The monoisotopic (exact) mass is 254 g/mol. The van der Waals surface area contributed by atoms with Crippen LogP contribution in [0.5, 0.6) is 0 Å². The minimum atomic E-state index is 0.0128. The lowest BCUT2D eigenvalue weighted by Crippen LogP contribution is -2.39. The van der Waals surface area contributed by atoms with Gasteiger partial charge in [-0.1, -0.05) is 0 Å². The highest BCUT2D eigenvalue weighted by Gasteiger charge is 2.25. The molecule has 2 heterocycles. The number of carbonyl (C=O) groups excluding carboxylic acids is 1. The third kappa shape index (κ3) is 2.83. The van der Waals surface area contributed by atoms with Crippen LogP contribution in [0, 0.1) is 12.8 Å². The van der Waals surface area contributed by atoms with Gasteiger partial charge < -0.3 is 9.32 Å². The Kier molecular flexibility index (Phi) is 4.10. The fourth-order valence-corrected chi connectivity index (χ4v) is 3.00. The molecule has 0 aliphatic carbocycles. The molecule has 0 atom stereocenters. The molecule has 0 spiro atoms. The summed E-state index contributed by atoms with van der Waals surface area (Å²) >= 11 is 1.89. The number of oxazole rings is 1. The molecule has 1 saturated heterocycles. The summed E-state index contributed by atoms with van der Waals surface area (Å²) < 4.78 is 5.07. The molecule has 0 saturated carbocycles. The van der Waals surface area contributed by atoms with E-state index >= 15 is 0 Å². The third-order valence-corrected chi connectivity index (χ3v) is 4.06. The molecular weight excluding hydrogens is 236 g/mol. The number of rotatable bonds is 3. The van der Waals surface area contributed by atoms with E-state index in [1.165, 1.54) is 12.1 Å². The first-order chi connectivity index (χ1) is 8.22. The molecule has 1 aromatic heterocycles. The molecule has 2 rings (SSSR count). The van der Waals surface area contributed by atoms with Gasteiger partial charge in [0, 0.05) is 13.1 Å². The normalized spacial score (nSPS) is 17.4. The van der Waals surface area contributed by atoms with Crippen LogP contribution in [0.4, 0.5) is 0 Å². The van der Waals surface area contributed by atoms with Crippen LogP contribution in [0.3, 0.4) is 0 Å². The van der Waals surface area contributed by atoms with E-state index in [1.54, 1.807) is 6.92 Å². The second-order valence-corrected chi connectivity index (χ2v) is 5.36. The van der Waals surface area contributed by atoms with Crippen molar-refractivity contribution in [1.29, 1.82) is 0 Å². The lowest BCUT2D eigenvalue weighted by molar-refractivity contribution is 0.0691. The van der Waals surface area contributed by atoms with E-state index in [2.05, 4.69) is 11.2 Å². The molecule has 0 unspecified atom stereocenters. The van der Waals surface area contributed by atoms with Crippen LogP contribution in [0.2, 0.25) is 0 Å². The summed E-state index contributed by atoms with van der Waals surface area (Å²) in [5.74, 6) is 2.58. The summed E-state index contributed by atoms with van der Waals surface area (Å²) in [6.45, 7) is 3.47. The lowest BCUT2D eigenvalue weighted by Gasteiger charge is -2.31. The smallest absolute Gasteiger partial charge is 0.276 e. The van der Waals surface area contributed by atoms with Gasteiger partial charge in [0.25, 0.3) is 5.91 Å². The van der Waals surface area contributed by atoms with E-state index in [-0.39, 0.29) is 5.91 Å². The van der Waals surface area contributed by atoms with Crippen molar-refractivity contribution in [3.63, 3.8) is 0 Å². The maximum absolute atomic E-state index is 12.1. The van der Waals surface area contributed by atoms with Crippen LogP contribution in [-0.4, -0.2) is 40.9 Å². The molecule has 0 aromatic carbocycles. The van der Waals surface area contributed by atoms with Gasteiger partial charge in [0.1, 0.15) is 5.76 Å². The molecule has 1 amide bonds. The molecule has 17 heavy (non-hydrogen) atoms. The van der Waals surface area contributed by atoms with Gasteiger partial charge in [0.15, 0.2) is 12.1 Å². The van der Waals surface area contributed by atoms with Crippen LogP contribution < -0.4 is 0 Å². The van der Waals surface area contributed by atoms with E-state index in [0.717, 1.165) is 31.8 Å². The molecule has 0 radical (unpaired) electrons. The maximum atomic E-state index is 12.1. The van der Waals surface area contributed by atoms with Crippen molar-refractivity contribution in [3.8, 4) is 0 Å². The number of nitrogens with zero attached hydrogens (tertiary/aromatic N) is 2. The van der Waals surface area contributed by atoms with Gasteiger partial charge in [-0.3, -0.25) is 4.79 Å². The van der Waals surface area contributed by atoms with E-state index < -0.39 is 0 Å². The van der Waals surface area contributed by atoms with Crippen molar-refractivity contribution in [1.82, 2.24) is 9.88 Å². The highest BCUT2D eigenvalue weighted by molar-refractivity contribution is 7.98. The van der Waals surface area contributed by atoms with Crippen LogP contribution >= 0.6 is 11.8 Å². The first kappa shape index (κ1) is 12.5. The van der Waals surface area contributed by atoms with Crippen molar-refractivity contribution >= 4 is 17.7 Å². The van der Waals surface area contributed by atoms with Crippen LogP contribution in [-0.2, 0) is 0 Å². The first-order valence-electron chi connectivity index (χ1n) is 5.90. The number of piperidine rings is 1. The number of amides is 1. The van der Waals surface area contributed by atoms with E-state index in [1.807, 2.05) is 16.7 Å². The van der Waals surface area contributed by atoms with Gasteiger partial charge in [-0.2, -0.15) is 11.8 Å². The predicted octanol–water partition coefficient (Wildman–Crippen LogP) is 2.20. The van der Waals surface area contributed by atoms with Gasteiger partial charge in [0.05, 0.1) is 0 Å². The molecule has 1 aromatic rings. The van der Waals surface area contributed by atoms with E-state index in [9.17, 15) is 4.79 Å². The molecule has 94 valence electrons. The Bertz CT molecular complexity index is 384. The summed E-state index contributed by atoms with van der Waals surface area (Å²) in [6.07, 6.45) is 5.67. The molecule has 0 N–H and O–H groups in total. The quantitative estimate of drug-likeness (QED) is 0.829. The minimum Gasteiger partial charge on any atom is -0.448 e. The zero-order chi connectivity index (χ0) is 12.3. The molecule has 1 aliphatic heterocycles. The largest absolute Gasteiger partial charge is 0.448 e. The highest BCUT2D eigenvalue weighted by Crippen LogP contribution is 2.22. The fourth-order valence-electron chi connectivity index (χ4n) is 2.20. The summed E-state index contributed by atoms with van der Waals surface area (Å²) in [7, 11) is 0. The molecular formula is C12H18N2O2S. The van der Waals surface area contributed by atoms with E-state index in [0.29, 0.717) is 11.5 Å². The summed E-state index contributed by atoms with van der Waals surface area (Å²) in [6, 6.07) is 0. The number of aromatic nitrogens is 1. The van der Waals surface area contributed by atoms with Crippen molar-refractivity contribution < 1.29 is 9.21 Å². The molecule has 0 bridgehead atoms. The average Bonchev–Trinajstić information content (AvgIpc) is 2.76. The van der Waals surface area contributed by atoms with Gasteiger partial charge in [0.2, 0.25) is 0 Å². The fraction of sp³-hybridized carbons (Fsp3) is 0.667. The SMILES string of the molecule is CSCC1CCN(C(=O)c2ncoc2C)CC1. The summed E-state index contributed by atoms with van der Waals surface area (Å²) in [5.41, 5.74) is 0.466.